The maximum Gasteiger partial charge on any atom is 0.319 e. The summed E-state index contributed by atoms with van der Waals surface area (Å²) < 4.78 is 31.2. The Kier molecular flexibility index (Phi) is 4.93. The van der Waals surface area contributed by atoms with Crippen LogP contribution in [-0.2, 0) is 0 Å². The van der Waals surface area contributed by atoms with Crippen molar-refractivity contribution in [2.45, 2.75) is 13.0 Å². The van der Waals surface area contributed by atoms with Gasteiger partial charge >= 0.3 is 6.03 Å². The number of methoxy groups -OCH3 is 1. The van der Waals surface area contributed by atoms with Gasteiger partial charge in [-0.1, -0.05) is 18.2 Å². The molecule has 2 aromatic carbocycles. The lowest BCUT2D eigenvalue weighted by molar-refractivity contribution is 0.249. The van der Waals surface area contributed by atoms with E-state index in [2.05, 4.69) is 10.6 Å². The van der Waals surface area contributed by atoms with Gasteiger partial charge in [0.2, 0.25) is 0 Å². The Bertz CT molecular complexity index is 677. The van der Waals surface area contributed by atoms with E-state index in [9.17, 15) is 13.6 Å². The third kappa shape index (κ3) is 3.72. The lowest BCUT2D eigenvalue weighted by atomic mass is 10.1. The average molecular weight is 306 g/mol. The number of carbonyl (C=O) groups excluding carboxylic acids is 1. The number of halogens is 2. The Morgan fingerprint density at radius 2 is 1.86 bits per heavy atom. The zero-order valence-corrected chi connectivity index (χ0v) is 12.2. The Morgan fingerprint density at radius 1 is 1.14 bits per heavy atom. The van der Waals surface area contributed by atoms with Crippen LogP contribution in [0.3, 0.4) is 0 Å². The zero-order chi connectivity index (χ0) is 16.1. The number of nitrogens with one attached hydrogen (secondary N) is 2. The highest BCUT2D eigenvalue weighted by Gasteiger charge is 2.13. The second-order valence-corrected chi connectivity index (χ2v) is 4.69. The molecule has 1 unspecified atom stereocenters. The van der Waals surface area contributed by atoms with Crippen LogP contribution in [0.15, 0.2) is 42.5 Å². The molecule has 2 N–H and O–H groups in total. The first-order valence-corrected chi connectivity index (χ1v) is 6.66. The van der Waals surface area contributed by atoms with Crippen LogP contribution in [0.4, 0.5) is 19.3 Å². The van der Waals surface area contributed by atoms with Crippen LogP contribution < -0.4 is 15.4 Å². The summed E-state index contributed by atoms with van der Waals surface area (Å²) in [6, 6.07) is 9.51. The van der Waals surface area contributed by atoms with Gasteiger partial charge in [-0.2, -0.15) is 0 Å². The number of benzene rings is 2. The van der Waals surface area contributed by atoms with Crippen molar-refractivity contribution < 1.29 is 18.3 Å². The van der Waals surface area contributed by atoms with Crippen LogP contribution in [0.2, 0.25) is 0 Å². The van der Waals surface area contributed by atoms with E-state index in [0.29, 0.717) is 17.0 Å². The highest BCUT2D eigenvalue weighted by atomic mass is 19.2. The molecule has 6 heteroatoms. The molecule has 0 heterocycles. The predicted octanol–water partition coefficient (Wildman–Crippen LogP) is 3.86. The predicted molar refractivity (Wildman–Crippen MR) is 79.9 cm³/mol. The number of ether oxygens (including phenoxy) is 1. The van der Waals surface area contributed by atoms with Crippen LogP contribution in [0.1, 0.15) is 18.5 Å². The van der Waals surface area contributed by atoms with Crippen molar-refractivity contribution >= 4 is 11.7 Å². The molecule has 1 atom stereocenters. The van der Waals surface area contributed by atoms with Gasteiger partial charge in [-0.25, -0.2) is 13.6 Å². The first-order chi connectivity index (χ1) is 10.5. The first-order valence-electron chi connectivity index (χ1n) is 6.66. The van der Waals surface area contributed by atoms with Gasteiger partial charge in [-0.15, -0.1) is 0 Å². The number of urea groups is 1. The fourth-order valence-electron chi connectivity index (χ4n) is 1.97. The number of rotatable bonds is 4. The van der Waals surface area contributed by atoms with Crippen LogP contribution in [0.25, 0.3) is 0 Å². The molecule has 4 nitrogen and oxygen atoms in total. The molecule has 2 amide bonds. The van der Waals surface area contributed by atoms with E-state index in [1.54, 1.807) is 31.2 Å². The van der Waals surface area contributed by atoms with Gasteiger partial charge in [-0.05, 0) is 36.8 Å². The number of anilines is 1. The first kappa shape index (κ1) is 15.8. The quantitative estimate of drug-likeness (QED) is 0.901. The van der Waals surface area contributed by atoms with Crippen molar-refractivity contribution in [3.8, 4) is 5.75 Å². The number of carbonyl (C=O) groups is 1. The number of hydrogen-bond acceptors (Lipinski definition) is 2. The molecule has 116 valence electrons. The largest absolute Gasteiger partial charge is 0.495 e. The van der Waals surface area contributed by atoms with Gasteiger partial charge in [0.15, 0.2) is 11.6 Å². The van der Waals surface area contributed by atoms with Crippen LogP contribution in [0.5, 0.6) is 5.75 Å². The molecule has 0 bridgehead atoms. The molecule has 2 rings (SSSR count). The van der Waals surface area contributed by atoms with E-state index in [-0.39, 0.29) is 0 Å². The highest BCUT2D eigenvalue weighted by Crippen LogP contribution is 2.23. The summed E-state index contributed by atoms with van der Waals surface area (Å²) in [5.41, 5.74) is 0.981. The maximum atomic E-state index is 13.2. The fourth-order valence-corrected chi connectivity index (χ4v) is 1.97. The average Bonchev–Trinajstić information content (AvgIpc) is 2.50. The van der Waals surface area contributed by atoms with Crippen LogP contribution >= 0.6 is 0 Å². The topological polar surface area (TPSA) is 50.4 Å². The van der Waals surface area contributed by atoms with E-state index in [4.69, 9.17) is 4.74 Å². The van der Waals surface area contributed by atoms with E-state index in [1.165, 1.54) is 13.2 Å². The minimum absolute atomic E-state index is 0.467. The molecule has 0 radical (unpaired) electrons. The minimum Gasteiger partial charge on any atom is -0.495 e. The van der Waals surface area contributed by atoms with Crippen molar-refractivity contribution in [3.05, 3.63) is 59.7 Å². The molecule has 2 aromatic rings. The lowest BCUT2D eigenvalue weighted by Gasteiger charge is -2.16. The summed E-state index contributed by atoms with van der Waals surface area (Å²) in [5.74, 6) is -1.34. The molecule has 0 aromatic heterocycles. The Balaban J connectivity index is 2.03. The standard InChI is InChI=1S/C16H16F2N2O2/c1-10(11-7-8-12(17)13(18)9-11)19-16(21)20-14-5-3-4-6-15(14)22-2/h3-10H,1-2H3,(H2,19,20,21). The molecule has 22 heavy (non-hydrogen) atoms. The summed E-state index contributed by atoms with van der Waals surface area (Å²) in [6.07, 6.45) is 0. The van der Waals surface area contributed by atoms with Crippen molar-refractivity contribution in [1.82, 2.24) is 5.32 Å². The van der Waals surface area contributed by atoms with E-state index >= 15 is 0 Å². The van der Waals surface area contributed by atoms with Crippen molar-refractivity contribution in [1.29, 1.82) is 0 Å². The lowest BCUT2D eigenvalue weighted by Crippen LogP contribution is -2.31. The Hall–Kier alpha value is -2.63. The SMILES string of the molecule is COc1ccccc1NC(=O)NC(C)c1ccc(F)c(F)c1. The summed E-state index contributed by atoms with van der Waals surface area (Å²) in [4.78, 5) is 12.0. The Morgan fingerprint density at radius 3 is 2.55 bits per heavy atom. The molecule has 0 aliphatic heterocycles. The monoisotopic (exact) mass is 306 g/mol. The maximum absolute atomic E-state index is 13.2. The van der Waals surface area contributed by atoms with E-state index in [0.717, 1.165) is 12.1 Å². The molecule has 0 aliphatic rings. The van der Waals surface area contributed by atoms with Gasteiger partial charge in [-0.3, -0.25) is 0 Å². The minimum atomic E-state index is -0.948. The third-order valence-corrected chi connectivity index (χ3v) is 3.15. The number of para-hydroxylation sites is 2. The number of amides is 2. The summed E-state index contributed by atoms with van der Waals surface area (Å²) in [6.45, 7) is 1.68. The normalized spacial score (nSPS) is 11.6. The van der Waals surface area contributed by atoms with Crippen LogP contribution in [-0.4, -0.2) is 13.1 Å². The van der Waals surface area contributed by atoms with Crippen molar-refractivity contribution in [3.63, 3.8) is 0 Å². The Labute approximate surface area is 127 Å². The molecule has 0 saturated carbocycles. The smallest absolute Gasteiger partial charge is 0.319 e. The zero-order valence-electron chi connectivity index (χ0n) is 12.2. The fraction of sp³-hybridized carbons (Fsp3) is 0.188. The number of hydrogen-bond donors (Lipinski definition) is 2. The molecule has 0 saturated heterocycles. The second-order valence-electron chi connectivity index (χ2n) is 4.69. The van der Waals surface area contributed by atoms with Crippen molar-refractivity contribution in [2.24, 2.45) is 0 Å². The summed E-state index contributed by atoms with van der Waals surface area (Å²) in [7, 11) is 1.50. The van der Waals surface area contributed by atoms with Gasteiger partial charge in [0.1, 0.15) is 5.75 Å². The van der Waals surface area contributed by atoms with E-state index < -0.39 is 23.7 Å². The van der Waals surface area contributed by atoms with Gasteiger partial charge in [0.25, 0.3) is 0 Å². The molecular formula is C16H16F2N2O2. The van der Waals surface area contributed by atoms with Gasteiger partial charge < -0.3 is 15.4 Å². The summed E-state index contributed by atoms with van der Waals surface area (Å²) in [5, 5.41) is 5.29. The van der Waals surface area contributed by atoms with Crippen LogP contribution in [0, 0.1) is 11.6 Å². The third-order valence-electron chi connectivity index (χ3n) is 3.15. The molecule has 0 fully saturated rings. The van der Waals surface area contributed by atoms with Gasteiger partial charge in [0, 0.05) is 0 Å². The second kappa shape index (κ2) is 6.89. The van der Waals surface area contributed by atoms with E-state index in [1.807, 2.05) is 0 Å². The molecule has 0 spiro atoms. The summed E-state index contributed by atoms with van der Waals surface area (Å²) >= 11 is 0. The van der Waals surface area contributed by atoms with Crippen molar-refractivity contribution in [2.75, 3.05) is 12.4 Å². The highest BCUT2D eigenvalue weighted by molar-refractivity contribution is 5.91. The molecule has 0 aliphatic carbocycles. The molecular weight excluding hydrogens is 290 g/mol. The van der Waals surface area contributed by atoms with Gasteiger partial charge in [0.05, 0.1) is 18.8 Å².